The van der Waals surface area contributed by atoms with Crippen LogP contribution < -0.4 is 5.32 Å². The van der Waals surface area contributed by atoms with Crippen LogP contribution in [0.3, 0.4) is 0 Å². The van der Waals surface area contributed by atoms with Crippen molar-refractivity contribution in [2.24, 2.45) is 0 Å². The Morgan fingerprint density at radius 2 is 1.80 bits per heavy atom. The molecule has 0 aromatic heterocycles. The molecule has 20 heavy (non-hydrogen) atoms. The van der Waals surface area contributed by atoms with Crippen molar-refractivity contribution in [3.63, 3.8) is 0 Å². The van der Waals surface area contributed by atoms with E-state index in [9.17, 15) is 9.50 Å². The average Bonchev–Trinajstić information content (AvgIpc) is 2.75. The maximum atomic E-state index is 13.0. The van der Waals surface area contributed by atoms with Crippen LogP contribution in [0.5, 0.6) is 5.75 Å². The number of hydrogen-bond donors (Lipinski definition) is 2. The number of anilines is 1. The zero-order valence-electron chi connectivity index (χ0n) is 11.7. The fraction of sp³-hybridized carbons (Fsp3) is 0.294. The second-order valence-electron chi connectivity index (χ2n) is 5.57. The molecule has 0 saturated heterocycles. The minimum atomic E-state index is -0.241. The van der Waals surface area contributed by atoms with Gasteiger partial charge in [0, 0.05) is 11.3 Å². The lowest BCUT2D eigenvalue weighted by Crippen LogP contribution is -2.07. The second kappa shape index (κ2) is 4.82. The van der Waals surface area contributed by atoms with Crippen LogP contribution in [0.4, 0.5) is 10.1 Å². The number of halogens is 1. The predicted octanol–water partition coefficient (Wildman–Crippen LogP) is 4.50. The molecule has 2 aromatic carbocycles. The second-order valence-corrected chi connectivity index (χ2v) is 5.57. The molecular weight excluding hydrogens is 253 g/mol. The van der Waals surface area contributed by atoms with E-state index in [0.29, 0.717) is 11.7 Å². The van der Waals surface area contributed by atoms with Gasteiger partial charge in [-0.3, -0.25) is 0 Å². The smallest absolute Gasteiger partial charge is 0.123 e. The maximum absolute atomic E-state index is 13.0. The topological polar surface area (TPSA) is 32.3 Å². The molecule has 0 radical (unpaired) electrons. The van der Waals surface area contributed by atoms with Gasteiger partial charge in [-0.1, -0.05) is 13.0 Å². The summed E-state index contributed by atoms with van der Waals surface area (Å²) in [6.07, 6.45) is 0.936. The summed E-state index contributed by atoms with van der Waals surface area (Å²) < 4.78 is 13.0. The highest BCUT2D eigenvalue weighted by molar-refractivity contribution is 5.55. The molecule has 1 aliphatic carbocycles. The summed E-state index contributed by atoms with van der Waals surface area (Å²) in [4.78, 5) is 0. The molecule has 2 N–H and O–H groups in total. The summed E-state index contributed by atoms with van der Waals surface area (Å²) in [5.74, 6) is 0.513. The van der Waals surface area contributed by atoms with Crippen molar-refractivity contribution in [2.75, 3.05) is 5.32 Å². The lowest BCUT2D eigenvalue weighted by atomic mass is 9.97. The molecule has 0 aliphatic heterocycles. The molecule has 2 aromatic rings. The van der Waals surface area contributed by atoms with E-state index in [1.165, 1.54) is 23.3 Å². The van der Waals surface area contributed by atoms with E-state index in [0.717, 1.165) is 17.7 Å². The fourth-order valence-electron chi connectivity index (χ4n) is 3.22. The largest absolute Gasteiger partial charge is 0.508 e. The summed E-state index contributed by atoms with van der Waals surface area (Å²) in [6, 6.07) is 10.1. The molecule has 0 spiro atoms. The molecule has 0 saturated carbocycles. The Balaban J connectivity index is 1.95. The zero-order valence-corrected chi connectivity index (χ0v) is 11.7. The molecule has 0 fully saturated rings. The van der Waals surface area contributed by atoms with Crippen LogP contribution in [0.2, 0.25) is 0 Å². The number of hydrogen-bond acceptors (Lipinski definition) is 2. The SMILES string of the molecule is Cc1ccc(O)c2c1C(C)CC2Nc1ccc(F)cc1. The molecular formula is C17H18FNO. The van der Waals surface area contributed by atoms with Crippen LogP contribution in [0, 0.1) is 12.7 Å². The molecule has 2 unspecified atom stereocenters. The number of rotatable bonds is 2. The highest BCUT2D eigenvalue weighted by Gasteiger charge is 2.32. The maximum Gasteiger partial charge on any atom is 0.123 e. The average molecular weight is 271 g/mol. The molecule has 0 amide bonds. The van der Waals surface area contributed by atoms with E-state index >= 15 is 0 Å². The molecule has 3 rings (SSSR count). The van der Waals surface area contributed by atoms with Gasteiger partial charge >= 0.3 is 0 Å². The van der Waals surface area contributed by atoms with E-state index in [1.807, 2.05) is 6.07 Å². The van der Waals surface area contributed by atoms with Crippen LogP contribution in [0.25, 0.3) is 0 Å². The lowest BCUT2D eigenvalue weighted by Gasteiger charge is -2.17. The Morgan fingerprint density at radius 1 is 1.10 bits per heavy atom. The van der Waals surface area contributed by atoms with Gasteiger partial charge < -0.3 is 10.4 Å². The van der Waals surface area contributed by atoms with Crippen molar-refractivity contribution in [1.29, 1.82) is 0 Å². The van der Waals surface area contributed by atoms with Crippen molar-refractivity contribution < 1.29 is 9.50 Å². The monoisotopic (exact) mass is 271 g/mol. The summed E-state index contributed by atoms with van der Waals surface area (Å²) in [5.41, 5.74) is 4.32. The van der Waals surface area contributed by atoms with Gasteiger partial charge in [0.25, 0.3) is 0 Å². The number of aromatic hydroxyl groups is 1. The highest BCUT2D eigenvalue weighted by atomic mass is 19.1. The number of aryl methyl sites for hydroxylation is 1. The number of phenolic OH excluding ortho intramolecular Hbond substituents is 1. The first-order valence-corrected chi connectivity index (χ1v) is 6.90. The van der Waals surface area contributed by atoms with Gasteiger partial charge in [0.2, 0.25) is 0 Å². The van der Waals surface area contributed by atoms with Gasteiger partial charge in [-0.2, -0.15) is 0 Å². The minimum Gasteiger partial charge on any atom is -0.508 e. The Bertz CT molecular complexity index is 636. The van der Waals surface area contributed by atoms with Crippen LogP contribution in [0.15, 0.2) is 36.4 Å². The zero-order chi connectivity index (χ0) is 14.3. The van der Waals surface area contributed by atoms with Crippen LogP contribution in [-0.4, -0.2) is 5.11 Å². The molecule has 3 heteroatoms. The standard InChI is InChI=1S/C17H18FNO/c1-10-3-8-15(20)17-14(9-11(2)16(10)17)19-13-6-4-12(18)5-7-13/h3-8,11,14,19-20H,9H2,1-2H3. The molecule has 0 heterocycles. The summed E-state index contributed by atoms with van der Waals surface area (Å²) in [7, 11) is 0. The van der Waals surface area contributed by atoms with E-state index in [-0.39, 0.29) is 11.9 Å². The summed E-state index contributed by atoms with van der Waals surface area (Å²) in [5, 5.41) is 13.6. The third kappa shape index (κ3) is 2.13. The molecule has 104 valence electrons. The number of phenols is 1. The Hall–Kier alpha value is -2.03. The normalized spacial score (nSPS) is 20.8. The van der Waals surface area contributed by atoms with Crippen LogP contribution in [-0.2, 0) is 0 Å². The van der Waals surface area contributed by atoms with Crippen molar-refractivity contribution >= 4 is 5.69 Å². The van der Waals surface area contributed by atoms with Crippen LogP contribution in [0.1, 0.15) is 42.0 Å². The van der Waals surface area contributed by atoms with Gasteiger partial charge in [0.1, 0.15) is 11.6 Å². The fourth-order valence-corrected chi connectivity index (χ4v) is 3.22. The Labute approximate surface area is 118 Å². The first kappa shape index (κ1) is 13.0. The van der Waals surface area contributed by atoms with Crippen molar-refractivity contribution in [1.82, 2.24) is 0 Å². The Morgan fingerprint density at radius 3 is 2.50 bits per heavy atom. The summed E-state index contributed by atoms with van der Waals surface area (Å²) in [6.45, 7) is 4.26. The van der Waals surface area contributed by atoms with E-state index in [4.69, 9.17) is 0 Å². The summed E-state index contributed by atoms with van der Waals surface area (Å²) >= 11 is 0. The highest BCUT2D eigenvalue weighted by Crippen LogP contribution is 2.47. The first-order chi connectivity index (χ1) is 9.56. The molecule has 1 aliphatic rings. The number of fused-ring (bicyclic) bond motifs is 1. The van der Waals surface area contributed by atoms with Gasteiger partial charge in [-0.15, -0.1) is 0 Å². The van der Waals surface area contributed by atoms with E-state index in [1.54, 1.807) is 18.2 Å². The van der Waals surface area contributed by atoms with Crippen molar-refractivity contribution in [2.45, 2.75) is 32.2 Å². The number of nitrogens with one attached hydrogen (secondary N) is 1. The predicted molar refractivity (Wildman–Crippen MR) is 78.6 cm³/mol. The third-order valence-corrected chi connectivity index (χ3v) is 4.10. The van der Waals surface area contributed by atoms with Gasteiger partial charge in [-0.05, 0) is 60.7 Å². The van der Waals surface area contributed by atoms with E-state index in [2.05, 4.69) is 19.2 Å². The third-order valence-electron chi connectivity index (χ3n) is 4.10. The van der Waals surface area contributed by atoms with Crippen LogP contribution >= 0.6 is 0 Å². The van der Waals surface area contributed by atoms with Gasteiger partial charge in [-0.25, -0.2) is 4.39 Å². The minimum absolute atomic E-state index is 0.0744. The van der Waals surface area contributed by atoms with Gasteiger partial charge in [0.15, 0.2) is 0 Å². The first-order valence-electron chi connectivity index (χ1n) is 6.90. The Kier molecular flexibility index (Phi) is 3.13. The van der Waals surface area contributed by atoms with Crippen molar-refractivity contribution in [3.05, 3.63) is 58.9 Å². The number of benzene rings is 2. The quantitative estimate of drug-likeness (QED) is 0.842. The molecule has 0 bridgehead atoms. The molecule has 2 atom stereocenters. The molecule has 2 nitrogen and oxygen atoms in total. The van der Waals surface area contributed by atoms with Crippen molar-refractivity contribution in [3.8, 4) is 5.75 Å². The van der Waals surface area contributed by atoms with E-state index < -0.39 is 0 Å². The van der Waals surface area contributed by atoms with Gasteiger partial charge in [0.05, 0.1) is 6.04 Å². The lowest BCUT2D eigenvalue weighted by molar-refractivity contribution is 0.465.